The van der Waals surface area contributed by atoms with Crippen LogP contribution < -0.4 is 5.32 Å². The lowest BCUT2D eigenvalue weighted by molar-refractivity contribution is -0.131. The number of para-hydroxylation sites is 1. The quantitative estimate of drug-likeness (QED) is 0.888. The Hall–Kier alpha value is -2.47. The van der Waals surface area contributed by atoms with Crippen molar-refractivity contribution in [3.63, 3.8) is 0 Å². The molecule has 28 heavy (non-hydrogen) atoms. The number of piperidine rings is 1. The molecule has 2 fully saturated rings. The molecule has 1 aromatic carbocycles. The second-order valence-corrected chi connectivity index (χ2v) is 8.20. The summed E-state index contributed by atoms with van der Waals surface area (Å²) in [5.41, 5.74) is 2.31. The molecule has 1 atom stereocenters. The van der Waals surface area contributed by atoms with E-state index in [1.807, 2.05) is 23.2 Å². The van der Waals surface area contributed by atoms with E-state index in [0.29, 0.717) is 0 Å². The number of likely N-dealkylation sites (tertiary alicyclic amines) is 2. The highest BCUT2D eigenvalue weighted by Crippen LogP contribution is 2.40. The number of nitrogens with zero attached hydrogens (tertiary/aromatic N) is 3. The Bertz CT molecular complexity index is 884. The van der Waals surface area contributed by atoms with Gasteiger partial charge in [-0.25, -0.2) is 0 Å². The van der Waals surface area contributed by atoms with Gasteiger partial charge in [0, 0.05) is 63.2 Å². The van der Waals surface area contributed by atoms with Gasteiger partial charge in [0.2, 0.25) is 11.8 Å². The smallest absolute Gasteiger partial charge is 0.219 e. The topological polar surface area (TPSA) is 65.5 Å². The van der Waals surface area contributed by atoms with Crippen molar-refractivity contribution in [2.24, 2.45) is 0 Å². The standard InChI is InChI=1S/C22H28N4O2/c1-16(27)24-19-13-22(8-11-25(12-9-22)17(2)28)26(15-19)14-18-7-10-23-21-6-4-3-5-20(18)21/h3-7,10,19H,8-9,11-15H2,1-2H3,(H,24,27)/t19-/m0/s1. The van der Waals surface area contributed by atoms with Crippen LogP contribution in [-0.2, 0) is 16.1 Å². The van der Waals surface area contributed by atoms with E-state index in [-0.39, 0.29) is 23.4 Å². The van der Waals surface area contributed by atoms with Crippen molar-refractivity contribution >= 4 is 22.7 Å². The van der Waals surface area contributed by atoms with Crippen molar-refractivity contribution in [3.05, 3.63) is 42.1 Å². The zero-order valence-electron chi connectivity index (χ0n) is 16.6. The van der Waals surface area contributed by atoms with Crippen LogP contribution in [0, 0.1) is 0 Å². The Morgan fingerprint density at radius 3 is 2.64 bits per heavy atom. The van der Waals surface area contributed by atoms with Crippen LogP contribution in [0.4, 0.5) is 0 Å². The fraction of sp³-hybridized carbons (Fsp3) is 0.500. The van der Waals surface area contributed by atoms with Gasteiger partial charge in [0.25, 0.3) is 0 Å². The molecule has 3 heterocycles. The SMILES string of the molecule is CC(=O)N[C@@H]1CN(Cc2ccnc3ccccc23)C2(CCN(C(C)=O)CC2)C1. The molecule has 1 N–H and O–H groups in total. The number of hydrogen-bond donors (Lipinski definition) is 1. The van der Waals surface area contributed by atoms with Crippen LogP contribution in [0.1, 0.15) is 38.7 Å². The number of carbonyl (C=O) groups is 2. The van der Waals surface area contributed by atoms with Crippen LogP contribution in [0.15, 0.2) is 36.5 Å². The predicted octanol–water partition coefficient (Wildman–Crippen LogP) is 2.33. The molecule has 2 aliphatic rings. The molecule has 1 spiro atoms. The molecule has 2 saturated heterocycles. The molecule has 0 unspecified atom stereocenters. The first-order chi connectivity index (χ1) is 13.5. The molecule has 1 aromatic heterocycles. The second kappa shape index (κ2) is 7.51. The van der Waals surface area contributed by atoms with E-state index in [2.05, 4.69) is 33.4 Å². The summed E-state index contributed by atoms with van der Waals surface area (Å²) < 4.78 is 0. The third kappa shape index (κ3) is 3.61. The first-order valence-corrected chi connectivity index (χ1v) is 10.1. The summed E-state index contributed by atoms with van der Waals surface area (Å²) in [7, 11) is 0. The van der Waals surface area contributed by atoms with Gasteiger partial charge in [-0.3, -0.25) is 19.5 Å². The number of nitrogens with one attached hydrogen (secondary N) is 1. The van der Waals surface area contributed by atoms with E-state index < -0.39 is 0 Å². The van der Waals surface area contributed by atoms with Gasteiger partial charge in [-0.15, -0.1) is 0 Å². The third-order valence-electron chi connectivity index (χ3n) is 6.39. The Labute approximate surface area is 165 Å². The van der Waals surface area contributed by atoms with Crippen molar-refractivity contribution in [2.75, 3.05) is 19.6 Å². The molecule has 2 aliphatic heterocycles. The minimum absolute atomic E-state index is 0.0255. The van der Waals surface area contributed by atoms with Gasteiger partial charge in [-0.05, 0) is 37.0 Å². The van der Waals surface area contributed by atoms with Crippen molar-refractivity contribution in [3.8, 4) is 0 Å². The predicted molar refractivity (Wildman–Crippen MR) is 109 cm³/mol. The van der Waals surface area contributed by atoms with E-state index in [1.165, 1.54) is 10.9 Å². The molecule has 0 aliphatic carbocycles. The molecular formula is C22H28N4O2. The van der Waals surface area contributed by atoms with Gasteiger partial charge in [0.1, 0.15) is 0 Å². The Balaban J connectivity index is 1.60. The lowest BCUT2D eigenvalue weighted by Crippen LogP contribution is -2.52. The molecule has 2 amide bonds. The number of rotatable bonds is 3. The monoisotopic (exact) mass is 380 g/mol. The second-order valence-electron chi connectivity index (χ2n) is 8.20. The largest absolute Gasteiger partial charge is 0.352 e. The first-order valence-electron chi connectivity index (χ1n) is 10.1. The molecule has 0 radical (unpaired) electrons. The Morgan fingerprint density at radius 2 is 1.93 bits per heavy atom. The zero-order chi connectivity index (χ0) is 19.7. The van der Waals surface area contributed by atoms with E-state index in [4.69, 9.17) is 0 Å². The maximum Gasteiger partial charge on any atom is 0.219 e. The van der Waals surface area contributed by atoms with Gasteiger partial charge in [0.05, 0.1) is 5.52 Å². The summed E-state index contributed by atoms with van der Waals surface area (Å²) in [4.78, 5) is 32.4. The van der Waals surface area contributed by atoms with Gasteiger partial charge >= 0.3 is 0 Å². The highest BCUT2D eigenvalue weighted by atomic mass is 16.2. The van der Waals surface area contributed by atoms with Crippen molar-refractivity contribution in [2.45, 2.75) is 51.2 Å². The van der Waals surface area contributed by atoms with Crippen molar-refractivity contribution < 1.29 is 9.59 Å². The van der Waals surface area contributed by atoms with Crippen molar-refractivity contribution in [1.29, 1.82) is 0 Å². The van der Waals surface area contributed by atoms with Gasteiger partial charge in [0.15, 0.2) is 0 Å². The molecule has 0 bridgehead atoms. The highest BCUT2D eigenvalue weighted by molar-refractivity contribution is 5.81. The highest BCUT2D eigenvalue weighted by Gasteiger charge is 2.47. The molecule has 148 valence electrons. The Kier molecular flexibility index (Phi) is 5.06. The van der Waals surface area contributed by atoms with E-state index >= 15 is 0 Å². The number of benzene rings is 1. The minimum atomic E-state index is 0.0255. The van der Waals surface area contributed by atoms with Crippen LogP contribution in [0.2, 0.25) is 0 Å². The maximum absolute atomic E-state index is 11.8. The first kappa shape index (κ1) is 18.9. The lowest BCUT2D eigenvalue weighted by atomic mass is 9.83. The Morgan fingerprint density at radius 1 is 1.18 bits per heavy atom. The summed E-state index contributed by atoms with van der Waals surface area (Å²) in [6.07, 6.45) is 4.72. The summed E-state index contributed by atoms with van der Waals surface area (Å²) in [5, 5.41) is 4.31. The summed E-state index contributed by atoms with van der Waals surface area (Å²) >= 11 is 0. The van der Waals surface area contributed by atoms with Crippen LogP contribution in [0.3, 0.4) is 0 Å². The number of aromatic nitrogens is 1. The van der Waals surface area contributed by atoms with Crippen LogP contribution in [0.25, 0.3) is 10.9 Å². The average molecular weight is 380 g/mol. The number of pyridine rings is 1. The van der Waals surface area contributed by atoms with Gasteiger partial charge < -0.3 is 10.2 Å². The van der Waals surface area contributed by atoms with Gasteiger partial charge in [-0.1, -0.05) is 18.2 Å². The molecule has 4 rings (SSSR count). The molecule has 6 heteroatoms. The summed E-state index contributed by atoms with van der Waals surface area (Å²) in [6, 6.07) is 10.5. The van der Waals surface area contributed by atoms with Crippen molar-refractivity contribution in [1.82, 2.24) is 20.1 Å². The third-order valence-corrected chi connectivity index (χ3v) is 6.39. The van der Waals surface area contributed by atoms with Crippen LogP contribution >= 0.6 is 0 Å². The van der Waals surface area contributed by atoms with Crippen LogP contribution in [0.5, 0.6) is 0 Å². The summed E-state index contributed by atoms with van der Waals surface area (Å²) in [5.74, 6) is 0.176. The number of amides is 2. The number of hydrogen-bond acceptors (Lipinski definition) is 4. The van der Waals surface area contributed by atoms with E-state index in [1.54, 1.807) is 13.8 Å². The zero-order valence-corrected chi connectivity index (χ0v) is 16.6. The van der Waals surface area contributed by atoms with E-state index in [9.17, 15) is 9.59 Å². The fourth-order valence-electron chi connectivity index (χ4n) is 4.99. The molecule has 6 nitrogen and oxygen atoms in total. The molecule has 0 saturated carbocycles. The molecular weight excluding hydrogens is 352 g/mol. The average Bonchev–Trinajstić information content (AvgIpc) is 2.98. The fourth-order valence-corrected chi connectivity index (χ4v) is 4.99. The van der Waals surface area contributed by atoms with Crippen LogP contribution in [-0.4, -0.2) is 57.8 Å². The number of fused-ring (bicyclic) bond motifs is 1. The number of carbonyl (C=O) groups excluding carboxylic acids is 2. The normalized spacial score (nSPS) is 21.9. The molecule has 2 aromatic rings. The lowest BCUT2D eigenvalue weighted by Gasteiger charge is -2.45. The minimum Gasteiger partial charge on any atom is -0.352 e. The maximum atomic E-state index is 11.8. The summed E-state index contributed by atoms with van der Waals surface area (Å²) in [6.45, 7) is 6.48. The van der Waals surface area contributed by atoms with Gasteiger partial charge in [-0.2, -0.15) is 0 Å². The van der Waals surface area contributed by atoms with E-state index in [0.717, 1.165) is 51.0 Å².